The molecule has 0 atom stereocenters. The normalized spacial score (nSPS) is 14.8. The third-order valence-corrected chi connectivity index (χ3v) is 2.44. The fourth-order valence-electron chi connectivity index (χ4n) is 1.28. The molecule has 2 heterocycles. The van der Waals surface area contributed by atoms with Crippen molar-refractivity contribution in [3.05, 3.63) is 16.5 Å². The van der Waals surface area contributed by atoms with Crippen LogP contribution in [0.2, 0.25) is 10.4 Å². The lowest BCUT2D eigenvalue weighted by atomic mass is 10.1. The van der Waals surface area contributed by atoms with Gasteiger partial charge < -0.3 is 5.32 Å². The Bertz CT molecular complexity index is 526. The van der Waals surface area contributed by atoms with E-state index >= 15 is 0 Å². The van der Waals surface area contributed by atoms with Crippen LogP contribution in [-0.2, 0) is 9.59 Å². The third kappa shape index (κ3) is 3.14. The van der Waals surface area contributed by atoms with E-state index in [-0.39, 0.29) is 40.7 Å². The lowest BCUT2D eigenvalue weighted by Crippen LogP contribution is -2.33. The predicted octanol–water partition coefficient (Wildman–Crippen LogP) is 0.988. The SMILES string of the molecule is O=C1CCC(C(=O)Nc2cc(Cl)nc(Cl)n2)=NN1. The Kier molecular flexibility index (Phi) is 3.73. The van der Waals surface area contributed by atoms with Crippen molar-refractivity contribution in [2.45, 2.75) is 12.8 Å². The van der Waals surface area contributed by atoms with Crippen LogP contribution in [0.25, 0.3) is 0 Å². The minimum absolute atomic E-state index is 0.0725. The van der Waals surface area contributed by atoms with E-state index in [1.807, 2.05) is 0 Å². The maximum atomic E-state index is 11.8. The average Bonchev–Trinajstić information content (AvgIpc) is 2.28. The van der Waals surface area contributed by atoms with E-state index in [1.54, 1.807) is 0 Å². The van der Waals surface area contributed by atoms with Crippen molar-refractivity contribution in [3.63, 3.8) is 0 Å². The highest BCUT2D eigenvalue weighted by molar-refractivity contribution is 6.43. The molecule has 0 spiro atoms. The molecule has 0 unspecified atom stereocenters. The smallest absolute Gasteiger partial charge is 0.273 e. The van der Waals surface area contributed by atoms with Crippen LogP contribution in [0.5, 0.6) is 0 Å². The lowest BCUT2D eigenvalue weighted by molar-refractivity contribution is -0.121. The molecule has 0 bridgehead atoms. The first-order valence-electron chi connectivity index (χ1n) is 4.91. The van der Waals surface area contributed by atoms with Crippen molar-refractivity contribution >= 4 is 46.5 Å². The largest absolute Gasteiger partial charge is 0.305 e. The highest BCUT2D eigenvalue weighted by atomic mass is 35.5. The van der Waals surface area contributed by atoms with Crippen molar-refractivity contribution < 1.29 is 9.59 Å². The molecule has 9 heteroatoms. The topological polar surface area (TPSA) is 96.3 Å². The minimum atomic E-state index is -0.471. The lowest BCUT2D eigenvalue weighted by Gasteiger charge is -2.11. The van der Waals surface area contributed by atoms with Gasteiger partial charge in [-0.15, -0.1) is 0 Å². The van der Waals surface area contributed by atoms with E-state index in [0.29, 0.717) is 0 Å². The molecule has 18 heavy (non-hydrogen) atoms. The Morgan fingerprint density at radius 1 is 1.33 bits per heavy atom. The Balaban J connectivity index is 2.09. The fourth-order valence-corrected chi connectivity index (χ4v) is 1.69. The van der Waals surface area contributed by atoms with Crippen molar-refractivity contribution in [2.24, 2.45) is 5.10 Å². The number of nitrogens with one attached hydrogen (secondary N) is 2. The van der Waals surface area contributed by atoms with E-state index in [1.165, 1.54) is 6.07 Å². The molecule has 0 fully saturated rings. The summed E-state index contributed by atoms with van der Waals surface area (Å²) < 4.78 is 0. The van der Waals surface area contributed by atoms with Crippen LogP contribution in [0.3, 0.4) is 0 Å². The van der Waals surface area contributed by atoms with Gasteiger partial charge in [-0.25, -0.2) is 15.4 Å². The summed E-state index contributed by atoms with van der Waals surface area (Å²) in [6, 6.07) is 1.35. The summed E-state index contributed by atoms with van der Waals surface area (Å²) in [6.07, 6.45) is 0.488. The van der Waals surface area contributed by atoms with Gasteiger partial charge in [-0.2, -0.15) is 5.10 Å². The van der Waals surface area contributed by atoms with Crippen molar-refractivity contribution in [3.8, 4) is 0 Å². The molecule has 2 amide bonds. The molecule has 0 saturated heterocycles. The second-order valence-corrected chi connectivity index (χ2v) is 4.12. The molecular formula is C9H7Cl2N5O2. The van der Waals surface area contributed by atoms with Gasteiger partial charge in [0, 0.05) is 18.9 Å². The van der Waals surface area contributed by atoms with E-state index in [9.17, 15) is 9.59 Å². The highest BCUT2D eigenvalue weighted by Crippen LogP contribution is 2.14. The molecule has 0 radical (unpaired) electrons. The van der Waals surface area contributed by atoms with E-state index in [2.05, 4.69) is 25.8 Å². The van der Waals surface area contributed by atoms with Gasteiger partial charge in [0.1, 0.15) is 16.7 Å². The number of hydrogen-bond donors (Lipinski definition) is 2. The standard InChI is InChI=1S/C9H7Cl2N5O2/c10-5-3-6(14-9(11)12-5)13-8(18)4-1-2-7(17)16-15-4/h3H,1-2H2,(H,16,17)(H,12,13,14,18). The highest BCUT2D eigenvalue weighted by Gasteiger charge is 2.18. The molecule has 1 aliphatic rings. The van der Waals surface area contributed by atoms with Gasteiger partial charge in [0.05, 0.1) is 0 Å². The quantitative estimate of drug-likeness (QED) is 0.626. The summed E-state index contributed by atoms with van der Waals surface area (Å²) in [5.41, 5.74) is 2.43. The molecule has 1 aromatic rings. The van der Waals surface area contributed by atoms with E-state index < -0.39 is 5.91 Å². The first-order chi connectivity index (χ1) is 8.54. The zero-order valence-corrected chi connectivity index (χ0v) is 10.4. The number of anilines is 1. The molecule has 7 nitrogen and oxygen atoms in total. The van der Waals surface area contributed by atoms with Crippen LogP contribution in [0.4, 0.5) is 5.82 Å². The van der Waals surface area contributed by atoms with Gasteiger partial charge in [-0.05, 0) is 11.6 Å². The van der Waals surface area contributed by atoms with Crippen molar-refractivity contribution in [1.29, 1.82) is 0 Å². The molecule has 0 aliphatic carbocycles. The third-order valence-electron chi connectivity index (χ3n) is 2.08. The monoisotopic (exact) mass is 287 g/mol. The first kappa shape index (κ1) is 12.7. The molecular weight excluding hydrogens is 281 g/mol. The number of carbonyl (C=O) groups excluding carboxylic acids is 2. The molecule has 0 saturated carbocycles. The molecule has 1 aliphatic heterocycles. The van der Waals surface area contributed by atoms with Gasteiger partial charge in [-0.1, -0.05) is 11.6 Å². The van der Waals surface area contributed by atoms with Gasteiger partial charge in [0.25, 0.3) is 5.91 Å². The molecule has 94 valence electrons. The van der Waals surface area contributed by atoms with Crippen LogP contribution >= 0.6 is 23.2 Å². The predicted molar refractivity (Wildman–Crippen MR) is 65.5 cm³/mol. The van der Waals surface area contributed by atoms with Crippen LogP contribution in [0, 0.1) is 0 Å². The number of aromatic nitrogens is 2. The summed E-state index contributed by atoms with van der Waals surface area (Å²) in [5.74, 6) is -0.523. The Labute approximate surface area is 112 Å². The summed E-state index contributed by atoms with van der Waals surface area (Å²) in [4.78, 5) is 30.1. The number of hydrogen-bond acceptors (Lipinski definition) is 5. The van der Waals surface area contributed by atoms with Crippen LogP contribution in [0.1, 0.15) is 12.8 Å². The van der Waals surface area contributed by atoms with Gasteiger partial charge in [0.15, 0.2) is 0 Å². The first-order valence-corrected chi connectivity index (χ1v) is 5.67. The summed E-state index contributed by atoms with van der Waals surface area (Å²) in [7, 11) is 0. The zero-order chi connectivity index (χ0) is 13.1. The molecule has 2 N–H and O–H groups in total. The Hall–Kier alpha value is -1.73. The van der Waals surface area contributed by atoms with Crippen molar-refractivity contribution in [1.82, 2.24) is 15.4 Å². The molecule has 2 rings (SSSR count). The number of nitrogens with zero attached hydrogens (tertiary/aromatic N) is 3. The van der Waals surface area contributed by atoms with E-state index in [0.717, 1.165) is 0 Å². The minimum Gasteiger partial charge on any atom is -0.305 e. The second-order valence-electron chi connectivity index (χ2n) is 3.39. The van der Waals surface area contributed by atoms with E-state index in [4.69, 9.17) is 23.2 Å². The Morgan fingerprint density at radius 3 is 2.72 bits per heavy atom. The zero-order valence-electron chi connectivity index (χ0n) is 8.91. The number of rotatable bonds is 2. The maximum Gasteiger partial charge on any atom is 0.273 e. The number of halogens is 2. The van der Waals surface area contributed by atoms with Gasteiger partial charge >= 0.3 is 0 Å². The fraction of sp³-hybridized carbons (Fsp3) is 0.222. The molecule has 0 aromatic carbocycles. The maximum absolute atomic E-state index is 11.8. The number of carbonyl (C=O) groups is 2. The van der Waals surface area contributed by atoms with Crippen LogP contribution in [-0.4, -0.2) is 27.5 Å². The number of hydrazone groups is 1. The van der Waals surface area contributed by atoms with Crippen LogP contribution in [0.15, 0.2) is 11.2 Å². The summed E-state index contributed by atoms with van der Waals surface area (Å²) >= 11 is 11.3. The van der Waals surface area contributed by atoms with Crippen molar-refractivity contribution in [2.75, 3.05) is 5.32 Å². The summed E-state index contributed by atoms with van der Waals surface area (Å²) in [6.45, 7) is 0. The van der Waals surface area contributed by atoms with Crippen LogP contribution < -0.4 is 10.7 Å². The Morgan fingerprint density at radius 2 is 2.11 bits per heavy atom. The molecule has 1 aromatic heterocycles. The van der Waals surface area contributed by atoms with Gasteiger partial charge in [-0.3, -0.25) is 9.59 Å². The number of amides is 2. The average molecular weight is 288 g/mol. The summed E-state index contributed by atoms with van der Waals surface area (Å²) in [5, 5.41) is 6.16. The second kappa shape index (κ2) is 5.28. The van der Waals surface area contributed by atoms with Gasteiger partial charge in [0.2, 0.25) is 11.2 Å².